The zero-order chi connectivity index (χ0) is 19.6. The quantitative estimate of drug-likeness (QED) is 0.638. The zero-order valence-electron chi connectivity index (χ0n) is 15.8. The van der Waals surface area contributed by atoms with Gasteiger partial charge in [0, 0.05) is 28.6 Å². The fourth-order valence-electron chi connectivity index (χ4n) is 3.20. The van der Waals surface area contributed by atoms with Crippen LogP contribution in [0.5, 0.6) is 0 Å². The minimum atomic E-state index is -0.363. The lowest BCUT2D eigenvalue weighted by atomic mass is 10.0. The highest BCUT2D eigenvalue weighted by Crippen LogP contribution is 2.28. The van der Waals surface area contributed by atoms with Crippen molar-refractivity contribution >= 4 is 43.5 Å². The van der Waals surface area contributed by atoms with Crippen molar-refractivity contribution in [3.63, 3.8) is 0 Å². The number of carbonyl (C=O) groups excluding carboxylic acids is 1. The van der Waals surface area contributed by atoms with Crippen LogP contribution in [0, 0.1) is 6.92 Å². The Morgan fingerprint density at radius 1 is 1.08 bits per heavy atom. The van der Waals surface area contributed by atoms with Gasteiger partial charge in [-0.3, -0.25) is 9.59 Å². The predicted octanol–water partition coefficient (Wildman–Crippen LogP) is 5.16. The second-order valence-corrected chi connectivity index (χ2v) is 7.93. The van der Waals surface area contributed by atoms with Crippen molar-refractivity contribution in [3.05, 3.63) is 59.4 Å². The highest BCUT2D eigenvalue weighted by Gasteiger charge is 2.22. The van der Waals surface area contributed by atoms with Gasteiger partial charge in [-0.1, -0.05) is 36.7 Å². The van der Waals surface area contributed by atoms with Crippen LogP contribution in [0.2, 0.25) is 0 Å². The Morgan fingerprint density at radius 3 is 2.08 bits per heavy atom. The van der Waals surface area contributed by atoms with Crippen molar-refractivity contribution < 1.29 is 4.79 Å². The van der Waals surface area contributed by atoms with Crippen LogP contribution < -0.4 is 10.7 Å². The molecule has 2 rings (SSSR count). The highest BCUT2D eigenvalue weighted by atomic mass is 79.9. The van der Waals surface area contributed by atoms with Gasteiger partial charge in [0.2, 0.25) is 5.43 Å². The number of hydrogen-bond acceptors (Lipinski definition) is 2. The molecule has 0 aliphatic rings. The van der Waals surface area contributed by atoms with Gasteiger partial charge in [0.15, 0.2) is 0 Å². The van der Waals surface area contributed by atoms with Crippen molar-refractivity contribution in [1.29, 1.82) is 0 Å². The summed E-state index contributed by atoms with van der Waals surface area (Å²) in [5.41, 5.74) is 4.37. The molecule has 1 aromatic heterocycles. The maximum Gasteiger partial charge on any atom is 0.261 e. The number of hydrogen-bond donors (Lipinski definition) is 1. The summed E-state index contributed by atoms with van der Waals surface area (Å²) in [6.07, 6.45) is 2.29. The van der Waals surface area contributed by atoms with Crippen LogP contribution >= 0.6 is 31.9 Å². The number of halogens is 2. The Labute approximate surface area is 171 Å². The molecule has 0 spiro atoms. The van der Waals surface area contributed by atoms with E-state index in [-0.39, 0.29) is 16.9 Å². The number of pyridine rings is 1. The molecule has 0 unspecified atom stereocenters. The predicted molar refractivity (Wildman–Crippen MR) is 114 cm³/mol. The number of nitrogens with zero attached hydrogens (tertiary/aromatic N) is 1. The largest absolute Gasteiger partial charge is 0.350 e. The van der Waals surface area contributed by atoms with Gasteiger partial charge in [-0.2, -0.15) is 0 Å². The molecule has 4 nitrogen and oxygen atoms in total. The van der Waals surface area contributed by atoms with Crippen molar-refractivity contribution in [1.82, 2.24) is 4.57 Å². The van der Waals surface area contributed by atoms with Crippen LogP contribution in [-0.4, -0.2) is 10.5 Å². The van der Waals surface area contributed by atoms with Gasteiger partial charge in [0.25, 0.3) is 5.91 Å². The summed E-state index contributed by atoms with van der Waals surface area (Å²) in [5.74, 6) is -0.363. The average Bonchev–Trinajstić information content (AvgIpc) is 2.61. The number of amides is 1. The molecule has 0 radical (unpaired) electrons. The molecule has 0 saturated carbocycles. The molecule has 6 heteroatoms. The van der Waals surface area contributed by atoms with Crippen LogP contribution in [0.4, 0.5) is 5.69 Å². The number of aryl methyl sites for hydroxylation is 2. The lowest BCUT2D eigenvalue weighted by Crippen LogP contribution is -2.28. The average molecular weight is 484 g/mol. The third kappa shape index (κ3) is 3.81. The molecule has 1 amide bonds. The normalized spacial score (nSPS) is 10.9. The van der Waals surface area contributed by atoms with E-state index in [0.29, 0.717) is 16.6 Å². The first-order valence-corrected chi connectivity index (χ1v) is 10.4. The minimum Gasteiger partial charge on any atom is -0.350 e. The fourth-order valence-corrected chi connectivity index (χ4v) is 4.50. The Hall–Kier alpha value is -1.40. The number of carbonyl (C=O) groups is 1. The third-order valence-electron chi connectivity index (χ3n) is 4.78. The van der Waals surface area contributed by atoms with Crippen LogP contribution in [0.3, 0.4) is 0 Å². The molecule has 1 N–H and O–H groups in total. The van der Waals surface area contributed by atoms with Crippen molar-refractivity contribution in [2.75, 3.05) is 5.32 Å². The number of nitrogens with one attached hydrogen (secondary N) is 1. The van der Waals surface area contributed by atoms with E-state index in [1.807, 2.05) is 51.4 Å². The smallest absolute Gasteiger partial charge is 0.261 e. The van der Waals surface area contributed by atoms with Gasteiger partial charge in [0.1, 0.15) is 5.56 Å². The van der Waals surface area contributed by atoms with Crippen LogP contribution in [0.1, 0.15) is 53.6 Å². The Morgan fingerprint density at radius 2 is 1.62 bits per heavy atom. The van der Waals surface area contributed by atoms with E-state index in [0.717, 1.165) is 39.8 Å². The van der Waals surface area contributed by atoms with E-state index in [4.69, 9.17) is 0 Å². The van der Waals surface area contributed by atoms with Gasteiger partial charge >= 0.3 is 0 Å². The second kappa shape index (κ2) is 8.53. The van der Waals surface area contributed by atoms with Gasteiger partial charge in [-0.05, 0) is 65.4 Å². The topological polar surface area (TPSA) is 51.1 Å². The summed E-state index contributed by atoms with van der Waals surface area (Å²) >= 11 is 6.90. The number of benzene rings is 1. The molecular weight excluding hydrogens is 460 g/mol. The summed E-state index contributed by atoms with van der Waals surface area (Å²) in [4.78, 5) is 25.8. The van der Waals surface area contributed by atoms with Crippen LogP contribution in [0.15, 0.2) is 25.9 Å². The van der Waals surface area contributed by atoms with Gasteiger partial charge in [0.05, 0.1) is 4.47 Å². The van der Waals surface area contributed by atoms with E-state index in [9.17, 15) is 9.59 Å². The Bertz CT molecular complexity index is 892. The lowest BCUT2D eigenvalue weighted by Gasteiger charge is -2.19. The van der Waals surface area contributed by atoms with Crippen molar-refractivity contribution in [3.8, 4) is 0 Å². The first-order valence-electron chi connectivity index (χ1n) is 8.77. The number of rotatable bonds is 5. The summed E-state index contributed by atoms with van der Waals surface area (Å²) in [7, 11) is 1.88. The van der Waals surface area contributed by atoms with Gasteiger partial charge < -0.3 is 9.88 Å². The van der Waals surface area contributed by atoms with Gasteiger partial charge in [-0.25, -0.2) is 0 Å². The number of anilines is 1. The molecule has 0 atom stereocenters. The van der Waals surface area contributed by atoms with Crippen LogP contribution in [0.25, 0.3) is 0 Å². The molecule has 0 aliphatic heterocycles. The van der Waals surface area contributed by atoms with Crippen LogP contribution in [-0.2, 0) is 26.3 Å². The minimum absolute atomic E-state index is 0.184. The summed E-state index contributed by atoms with van der Waals surface area (Å²) in [6, 6.07) is 4.02. The first-order chi connectivity index (χ1) is 12.3. The maximum absolute atomic E-state index is 13.0. The molecule has 26 heavy (non-hydrogen) atoms. The summed E-state index contributed by atoms with van der Waals surface area (Å²) < 4.78 is 3.36. The summed E-state index contributed by atoms with van der Waals surface area (Å²) in [6.45, 7) is 7.90. The van der Waals surface area contributed by atoms with E-state index in [1.165, 1.54) is 0 Å². The SMILES string of the molecule is CCc1cc(Br)cc(CC)c1NC(=O)c1c(C)n(C)c(CC)c(Br)c1=O. The highest BCUT2D eigenvalue weighted by molar-refractivity contribution is 9.10. The van der Waals surface area contributed by atoms with E-state index in [1.54, 1.807) is 0 Å². The first kappa shape index (κ1) is 20.9. The fraction of sp³-hybridized carbons (Fsp3) is 0.400. The molecule has 0 fully saturated rings. The molecule has 2 aromatic rings. The maximum atomic E-state index is 13.0. The molecule has 1 aromatic carbocycles. The van der Waals surface area contributed by atoms with E-state index < -0.39 is 0 Å². The molecule has 0 saturated heterocycles. The monoisotopic (exact) mass is 482 g/mol. The standard InChI is InChI=1S/C20H24Br2N2O2/c1-6-12-9-14(21)10-13(7-2)18(12)23-20(26)16-11(4)24(5)15(8-3)17(22)19(16)25/h9-10H,6-8H2,1-5H3,(H,23,26). The molecule has 0 aliphatic carbocycles. The van der Waals surface area contributed by atoms with Crippen molar-refractivity contribution in [2.45, 2.75) is 47.0 Å². The van der Waals surface area contributed by atoms with Gasteiger partial charge in [-0.15, -0.1) is 0 Å². The lowest BCUT2D eigenvalue weighted by molar-refractivity contribution is 0.102. The van der Waals surface area contributed by atoms with E-state index >= 15 is 0 Å². The number of aromatic nitrogens is 1. The molecule has 140 valence electrons. The Kier molecular flexibility index (Phi) is 6.86. The second-order valence-electron chi connectivity index (χ2n) is 6.22. The Balaban J connectivity index is 2.59. The molecule has 1 heterocycles. The van der Waals surface area contributed by atoms with Crippen molar-refractivity contribution in [2.24, 2.45) is 7.05 Å². The zero-order valence-corrected chi connectivity index (χ0v) is 19.0. The molecular formula is C20H24Br2N2O2. The summed E-state index contributed by atoms with van der Waals surface area (Å²) in [5, 5.41) is 3.00. The third-order valence-corrected chi connectivity index (χ3v) is 6.05. The molecule has 0 bridgehead atoms. The van der Waals surface area contributed by atoms with E-state index in [2.05, 4.69) is 37.2 Å².